The van der Waals surface area contributed by atoms with Crippen molar-refractivity contribution in [2.45, 2.75) is 6.42 Å². The first-order valence-corrected chi connectivity index (χ1v) is 4.29. The van der Waals surface area contributed by atoms with Gasteiger partial charge in [-0.2, -0.15) is 36.5 Å². The van der Waals surface area contributed by atoms with Gasteiger partial charge in [0.25, 0.3) is 0 Å². The van der Waals surface area contributed by atoms with Gasteiger partial charge in [0.15, 0.2) is 0 Å². The fourth-order valence-corrected chi connectivity index (χ4v) is 0.810. The van der Waals surface area contributed by atoms with Gasteiger partial charge in [-0.25, -0.2) is 12.2 Å². The maximum absolute atomic E-state index is 2.99. The molecule has 0 heterocycles. The predicted molar refractivity (Wildman–Crippen MR) is 56.8 cm³/mol. The summed E-state index contributed by atoms with van der Waals surface area (Å²) in [6, 6.07) is 0. The largest absolute Gasteiger partial charge is 2.00 e. The Bertz CT molecular complexity index is 222. The second-order valence-electron chi connectivity index (χ2n) is 2.47. The summed E-state index contributed by atoms with van der Waals surface area (Å²) in [6.07, 6.45) is 26.5. The van der Waals surface area contributed by atoms with Crippen LogP contribution in [0.2, 0.25) is 0 Å². The monoisotopic (exact) mass is 227 g/mol. The minimum Gasteiger partial charge on any atom is -0.273 e. The number of hydrogen-bond donors (Lipinski definition) is 0. The molecule has 0 unspecified atom stereocenters. The Balaban J connectivity index is 0.000000246. The third-order valence-electron chi connectivity index (χ3n) is 1.42. The molecule has 14 heavy (non-hydrogen) atoms. The molecule has 0 saturated carbocycles. The van der Waals surface area contributed by atoms with Crippen LogP contribution in [0.3, 0.4) is 0 Å². The van der Waals surface area contributed by atoms with Crippen molar-refractivity contribution in [3.05, 3.63) is 72.9 Å². The second-order valence-corrected chi connectivity index (χ2v) is 2.47. The van der Waals surface area contributed by atoms with Gasteiger partial charge in [-0.15, -0.1) is 18.6 Å². The maximum atomic E-state index is 2.99. The molecule has 0 bridgehead atoms. The molecule has 1 heteroatoms. The van der Waals surface area contributed by atoms with Gasteiger partial charge in [0.1, 0.15) is 0 Å². The van der Waals surface area contributed by atoms with E-state index in [0.29, 0.717) is 0 Å². The number of allylic oxidation sites excluding steroid dienone is 12. The minimum atomic E-state index is 0. The van der Waals surface area contributed by atoms with Gasteiger partial charge in [-0.05, 0) is 0 Å². The molecule has 73 valence electrons. The summed E-state index contributed by atoms with van der Waals surface area (Å²) in [5, 5.41) is 0. The maximum Gasteiger partial charge on any atom is 2.00 e. The van der Waals surface area contributed by atoms with E-state index in [0.717, 1.165) is 6.42 Å². The Labute approximate surface area is 96.3 Å². The van der Waals surface area contributed by atoms with Crippen molar-refractivity contribution < 1.29 is 16.8 Å². The van der Waals surface area contributed by atoms with Crippen molar-refractivity contribution in [1.82, 2.24) is 0 Å². The predicted octanol–water partition coefficient (Wildman–Crippen LogP) is 3.33. The van der Waals surface area contributed by atoms with Crippen molar-refractivity contribution in [3.8, 4) is 0 Å². The zero-order chi connectivity index (χ0) is 9.19. The number of rotatable bonds is 0. The van der Waals surface area contributed by atoms with Crippen molar-refractivity contribution >= 4 is 0 Å². The molecule has 2 rings (SSSR count). The van der Waals surface area contributed by atoms with Crippen LogP contribution in [0.5, 0.6) is 0 Å². The van der Waals surface area contributed by atoms with E-state index in [9.17, 15) is 0 Å². The van der Waals surface area contributed by atoms with Crippen molar-refractivity contribution in [3.63, 3.8) is 0 Å². The van der Waals surface area contributed by atoms with Crippen molar-refractivity contribution in [2.24, 2.45) is 0 Å². The topological polar surface area (TPSA) is 0 Å². The standard InChI is InChI=1S/C8H7.C5H5.Co/c1-2-4-6-8-7-5-3-1;1-2-4-5-3-1;/h1-7H;1-3H,4H2;/q2*-1;+2. The van der Waals surface area contributed by atoms with E-state index in [2.05, 4.69) is 18.2 Å². The molecular formula is C13H12Co. The van der Waals surface area contributed by atoms with Crippen molar-refractivity contribution in [2.75, 3.05) is 0 Å². The Kier molecular flexibility index (Phi) is 9.28. The van der Waals surface area contributed by atoms with Crippen LogP contribution < -0.4 is 0 Å². The van der Waals surface area contributed by atoms with Gasteiger partial charge in [-0.1, -0.05) is 6.08 Å². The molecular weight excluding hydrogens is 215 g/mol. The molecule has 0 fully saturated rings. The summed E-state index contributed by atoms with van der Waals surface area (Å²) >= 11 is 0. The van der Waals surface area contributed by atoms with Crippen LogP contribution in [-0.2, 0) is 16.8 Å². The summed E-state index contributed by atoms with van der Waals surface area (Å²) in [6.45, 7) is 0. The van der Waals surface area contributed by atoms with E-state index < -0.39 is 0 Å². The molecule has 0 saturated heterocycles. The Morgan fingerprint density at radius 3 is 2.21 bits per heavy atom. The third-order valence-corrected chi connectivity index (χ3v) is 1.42. The summed E-state index contributed by atoms with van der Waals surface area (Å²) in [5.74, 6) is 0. The van der Waals surface area contributed by atoms with Crippen LogP contribution in [0, 0.1) is 12.2 Å². The first kappa shape index (κ1) is 12.9. The van der Waals surface area contributed by atoms with Gasteiger partial charge < -0.3 is 0 Å². The Morgan fingerprint density at radius 2 is 1.57 bits per heavy atom. The van der Waals surface area contributed by atoms with Crippen LogP contribution in [0.4, 0.5) is 0 Å². The van der Waals surface area contributed by atoms with Crippen molar-refractivity contribution in [1.29, 1.82) is 0 Å². The molecule has 0 spiro atoms. The summed E-state index contributed by atoms with van der Waals surface area (Å²) < 4.78 is 0. The molecule has 0 atom stereocenters. The fraction of sp³-hybridized carbons (Fsp3) is 0.0769. The molecule has 1 radical (unpaired) electrons. The Morgan fingerprint density at radius 1 is 0.786 bits per heavy atom. The van der Waals surface area contributed by atoms with Gasteiger partial charge in [0.2, 0.25) is 0 Å². The average molecular weight is 227 g/mol. The molecule has 0 aromatic carbocycles. The smallest absolute Gasteiger partial charge is 0.273 e. The van der Waals surface area contributed by atoms with Crippen LogP contribution >= 0.6 is 0 Å². The van der Waals surface area contributed by atoms with Crippen LogP contribution in [-0.4, -0.2) is 0 Å². The fourth-order valence-electron chi connectivity index (χ4n) is 0.810. The van der Waals surface area contributed by atoms with E-state index in [4.69, 9.17) is 0 Å². The quantitative estimate of drug-likeness (QED) is 0.557. The second kappa shape index (κ2) is 10.0. The molecule has 0 amide bonds. The molecule has 2 aliphatic rings. The normalized spacial score (nSPS) is 15.4. The molecule has 0 nitrogen and oxygen atoms in total. The molecule has 0 aromatic rings. The zero-order valence-corrected chi connectivity index (χ0v) is 8.85. The van der Waals surface area contributed by atoms with E-state index in [-0.39, 0.29) is 16.8 Å². The van der Waals surface area contributed by atoms with Gasteiger partial charge in [0.05, 0.1) is 0 Å². The van der Waals surface area contributed by atoms with Gasteiger partial charge >= 0.3 is 16.8 Å². The Hall–Kier alpha value is -1.05. The number of hydrogen-bond acceptors (Lipinski definition) is 0. The average Bonchev–Trinajstić information content (AvgIpc) is 2.58. The first-order chi connectivity index (χ1) is 6.50. The first-order valence-electron chi connectivity index (χ1n) is 4.29. The van der Waals surface area contributed by atoms with Crippen LogP contribution in [0.25, 0.3) is 0 Å². The SMILES string of the molecule is [C-]1=CC=CC1.[C-]1=CC=CC=CC=C1.[Co+2]. The zero-order valence-electron chi connectivity index (χ0n) is 7.81. The van der Waals surface area contributed by atoms with E-state index in [1.54, 1.807) is 0 Å². The molecule has 0 aromatic heterocycles. The molecule has 0 N–H and O–H groups in total. The summed E-state index contributed by atoms with van der Waals surface area (Å²) in [7, 11) is 0. The van der Waals surface area contributed by atoms with Crippen LogP contribution in [0.1, 0.15) is 6.42 Å². The third kappa shape index (κ3) is 7.59. The van der Waals surface area contributed by atoms with E-state index in [1.165, 1.54) is 0 Å². The summed E-state index contributed by atoms with van der Waals surface area (Å²) in [4.78, 5) is 0. The van der Waals surface area contributed by atoms with Crippen LogP contribution in [0.15, 0.2) is 60.8 Å². The minimum absolute atomic E-state index is 0. The molecule has 2 aliphatic carbocycles. The van der Waals surface area contributed by atoms with Gasteiger partial charge in [-0.3, -0.25) is 6.08 Å². The van der Waals surface area contributed by atoms with E-state index >= 15 is 0 Å². The van der Waals surface area contributed by atoms with E-state index in [1.807, 2.05) is 54.7 Å². The summed E-state index contributed by atoms with van der Waals surface area (Å²) in [5.41, 5.74) is 0. The molecule has 0 aliphatic heterocycles. The van der Waals surface area contributed by atoms with Gasteiger partial charge in [0, 0.05) is 0 Å².